The lowest BCUT2D eigenvalue weighted by Crippen LogP contribution is -2.05. The van der Waals surface area contributed by atoms with E-state index in [4.69, 9.17) is 14.2 Å². The molecule has 0 N–H and O–H groups in total. The Kier molecular flexibility index (Phi) is 3.72. The van der Waals surface area contributed by atoms with Crippen LogP contribution in [0.3, 0.4) is 0 Å². The highest BCUT2D eigenvalue weighted by molar-refractivity contribution is 9.10. The van der Waals surface area contributed by atoms with Crippen LogP contribution in [0.5, 0.6) is 11.5 Å². The molecule has 0 unspecified atom stereocenters. The van der Waals surface area contributed by atoms with Crippen molar-refractivity contribution in [2.45, 2.75) is 0 Å². The summed E-state index contributed by atoms with van der Waals surface area (Å²) in [5.74, 6) is 1.12. The third kappa shape index (κ3) is 2.88. The Bertz CT molecular complexity index is 1170. The van der Waals surface area contributed by atoms with Gasteiger partial charge in [-0.2, -0.15) is 0 Å². The summed E-state index contributed by atoms with van der Waals surface area (Å²) in [6.07, 6.45) is 1.67. The summed E-state index contributed by atoms with van der Waals surface area (Å²) >= 11 is 3.48. The van der Waals surface area contributed by atoms with Crippen molar-refractivity contribution in [1.82, 2.24) is 0 Å². The summed E-state index contributed by atoms with van der Waals surface area (Å²) < 4.78 is 16.9. The number of esters is 1. The van der Waals surface area contributed by atoms with Crippen LogP contribution in [0.4, 0.5) is 0 Å². The Hall–Kier alpha value is -3.12. The van der Waals surface area contributed by atoms with Gasteiger partial charge in [0.25, 0.3) is 0 Å². The lowest BCUT2D eigenvalue weighted by Gasteiger charge is -2.02. The van der Waals surface area contributed by atoms with Crippen LogP contribution in [0.2, 0.25) is 0 Å². The van der Waals surface area contributed by atoms with Crippen LogP contribution in [-0.2, 0) is 9.53 Å². The molecule has 0 radical (unpaired) electrons. The fraction of sp³-hybridized carbons (Fsp3) is 0.0476. The molecule has 0 bridgehead atoms. The fourth-order valence-electron chi connectivity index (χ4n) is 3.05. The average molecular weight is 422 g/mol. The maximum absolute atomic E-state index is 12.3. The van der Waals surface area contributed by atoms with Crippen LogP contribution in [0.1, 0.15) is 11.1 Å². The molecule has 0 spiro atoms. The molecule has 2 aliphatic heterocycles. The number of ether oxygens (including phenoxy) is 3. The van der Waals surface area contributed by atoms with E-state index in [9.17, 15) is 4.79 Å². The first-order valence-electron chi connectivity index (χ1n) is 8.28. The normalized spacial score (nSPS) is 16.7. The van der Waals surface area contributed by atoms with Crippen LogP contribution in [0, 0.1) is 0 Å². The molecule has 2 heterocycles. The first kappa shape index (κ1) is 16.1. The smallest absolute Gasteiger partial charge is 0.363 e. The molecule has 5 nitrogen and oxygen atoms in total. The van der Waals surface area contributed by atoms with Crippen molar-refractivity contribution >= 4 is 44.6 Å². The maximum atomic E-state index is 12.3. The van der Waals surface area contributed by atoms with Crippen LogP contribution >= 0.6 is 15.9 Å². The van der Waals surface area contributed by atoms with Crippen molar-refractivity contribution in [3.63, 3.8) is 0 Å². The number of rotatable bonds is 2. The van der Waals surface area contributed by atoms with Gasteiger partial charge in [0.2, 0.25) is 12.7 Å². The molecule has 0 saturated carbocycles. The second kappa shape index (κ2) is 6.25. The second-order valence-electron chi connectivity index (χ2n) is 6.12. The second-order valence-corrected chi connectivity index (χ2v) is 6.98. The van der Waals surface area contributed by atoms with E-state index in [1.165, 1.54) is 0 Å². The van der Waals surface area contributed by atoms with Crippen LogP contribution in [0.15, 0.2) is 69.8 Å². The maximum Gasteiger partial charge on any atom is 0.363 e. The van der Waals surface area contributed by atoms with Gasteiger partial charge in [-0.3, -0.25) is 0 Å². The topological polar surface area (TPSA) is 57.1 Å². The lowest BCUT2D eigenvalue weighted by molar-refractivity contribution is -0.129. The number of carbonyl (C=O) groups is 1. The summed E-state index contributed by atoms with van der Waals surface area (Å²) in [6.45, 7) is 0.189. The third-order valence-electron chi connectivity index (χ3n) is 4.40. The fourth-order valence-corrected chi connectivity index (χ4v) is 3.48. The average Bonchev–Trinajstić information content (AvgIpc) is 3.28. The molecule has 132 valence electrons. The summed E-state index contributed by atoms with van der Waals surface area (Å²) in [6, 6.07) is 17.4. The minimum Gasteiger partial charge on any atom is -0.454 e. The van der Waals surface area contributed by atoms with Crippen molar-refractivity contribution in [3.8, 4) is 11.5 Å². The minimum atomic E-state index is -0.484. The lowest BCUT2D eigenvalue weighted by atomic mass is 10.1. The van der Waals surface area contributed by atoms with Gasteiger partial charge in [0, 0.05) is 10.0 Å². The standard InChI is InChI=1S/C21H12BrNO4/c22-16-10-19-18(25-11-26-19)9-15(16)8-17-21(24)27-20(23-17)14-6-5-12-3-1-2-4-13(12)7-14/h1-10H,11H2. The summed E-state index contributed by atoms with van der Waals surface area (Å²) in [4.78, 5) is 16.7. The molecule has 3 aromatic rings. The van der Waals surface area contributed by atoms with Crippen molar-refractivity contribution in [3.05, 3.63) is 75.9 Å². The van der Waals surface area contributed by atoms with E-state index in [0.29, 0.717) is 17.4 Å². The zero-order chi connectivity index (χ0) is 18.4. The number of fused-ring (bicyclic) bond motifs is 2. The molecule has 6 heteroatoms. The number of benzene rings is 3. The Labute approximate surface area is 163 Å². The highest BCUT2D eigenvalue weighted by atomic mass is 79.9. The van der Waals surface area contributed by atoms with E-state index >= 15 is 0 Å². The molecular formula is C21H12BrNO4. The van der Waals surface area contributed by atoms with Gasteiger partial charge in [-0.1, -0.05) is 46.3 Å². The number of hydrogen-bond donors (Lipinski definition) is 0. The molecule has 0 aromatic heterocycles. The van der Waals surface area contributed by atoms with Crippen molar-refractivity contribution in [2.24, 2.45) is 4.99 Å². The van der Waals surface area contributed by atoms with Crippen LogP contribution < -0.4 is 9.47 Å². The molecule has 27 heavy (non-hydrogen) atoms. The quantitative estimate of drug-likeness (QED) is 0.445. The monoisotopic (exact) mass is 421 g/mol. The van der Waals surface area contributed by atoms with Crippen molar-refractivity contribution < 1.29 is 19.0 Å². The first-order valence-corrected chi connectivity index (χ1v) is 9.07. The molecule has 2 aliphatic rings. The van der Waals surface area contributed by atoms with E-state index in [-0.39, 0.29) is 12.5 Å². The van der Waals surface area contributed by atoms with Gasteiger partial charge in [0.05, 0.1) is 0 Å². The van der Waals surface area contributed by atoms with Gasteiger partial charge >= 0.3 is 5.97 Å². The van der Waals surface area contributed by atoms with Crippen LogP contribution in [0.25, 0.3) is 16.8 Å². The molecule has 0 amide bonds. The van der Waals surface area contributed by atoms with Gasteiger partial charge in [0.15, 0.2) is 17.2 Å². The molecule has 5 rings (SSSR count). The molecule has 0 saturated heterocycles. The third-order valence-corrected chi connectivity index (χ3v) is 5.09. The molecule has 0 fully saturated rings. The number of aliphatic imine (C=N–C) groups is 1. The number of halogens is 1. The van der Waals surface area contributed by atoms with Gasteiger partial charge in [-0.25, -0.2) is 9.79 Å². The number of carbonyl (C=O) groups excluding carboxylic acids is 1. The van der Waals surface area contributed by atoms with Gasteiger partial charge in [-0.05, 0) is 46.7 Å². The zero-order valence-corrected chi connectivity index (χ0v) is 15.5. The van der Waals surface area contributed by atoms with E-state index in [1.807, 2.05) is 48.5 Å². The SMILES string of the molecule is O=C1OC(c2ccc3ccccc3c2)=NC1=Cc1cc2c(cc1Br)OCO2. The predicted octanol–water partition coefficient (Wildman–Crippen LogP) is 4.68. The predicted molar refractivity (Wildman–Crippen MR) is 105 cm³/mol. The Morgan fingerprint density at radius 3 is 2.59 bits per heavy atom. The number of cyclic esters (lactones) is 1. The molecule has 3 aromatic carbocycles. The largest absolute Gasteiger partial charge is 0.454 e. The summed E-state index contributed by atoms with van der Waals surface area (Å²) in [5, 5.41) is 2.18. The molecule has 0 aliphatic carbocycles. The van der Waals surface area contributed by atoms with Gasteiger partial charge in [-0.15, -0.1) is 0 Å². The molecular weight excluding hydrogens is 410 g/mol. The van der Waals surface area contributed by atoms with E-state index in [2.05, 4.69) is 20.9 Å². The minimum absolute atomic E-state index is 0.189. The van der Waals surface area contributed by atoms with Gasteiger partial charge < -0.3 is 14.2 Å². The first-order chi connectivity index (χ1) is 13.2. The number of hydrogen-bond acceptors (Lipinski definition) is 5. The van der Waals surface area contributed by atoms with Gasteiger partial charge in [0.1, 0.15) is 0 Å². The van der Waals surface area contributed by atoms with Crippen LogP contribution in [-0.4, -0.2) is 18.7 Å². The number of nitrogens with zero attached hydrogens (tertiary/aromatic N) is 1. The Morgan fingerprint density at radius 2 is 1.74 bits per heavy atom. The molecule has 0 atom stereocenters. The summed E-state index contributed by atoms with van der Waals surface area (Å²) in [7, 11) is 0. The zero-order valence-electron chi connectivity index (χ0n) is 13.9. The Balaban J connectivity index is 1.53. The van der Waals surface area contributed by atoms with Crippen molar-refractivity contribution in [2.75, 3.05) is 6.79 Å². The summed E-state index contributed by atoms with van der Waals surface area (Å²) in [5.41, 5.74) is 1.75. The van der Waals surface area contributed by atoms with E-state index in [0.717, 1.165) is 26.4 Å². The highest BCUT2D eigenvalue weighted by Crippen LogP contribution is 2.38. The highest BCUT2D eigenvalue weighted by Gasteiger charge is 2.25. The van der Waals surface area contributed by atoms with E-state index in [1.54, 1.807) is 12.1 Å². The Morgan fingerprint density at radius 1 is 0.963 bits per heavy atom. The van der Waals surface area contributed by atoms with Crippen molar-refractivity contribution in [1.29, 1.82) is 0 Å². The van der Waals surface area contributed by atoms with E-state index < -0.39 is 5.97 Å².